The van der Waals surface area contributed by atoms with Crippen molar-refractivity contribution in [3.8, 4) is 5.75 Å². The molecule has 4 rings (SSSR count). The zero-order chi connectivity index (χ0) is 24.1. The molecule has 0 unspecified atom stereocenters. The largest absolute Gasteiger partial charge is 0.489 e. The molecule has 34 heavy (non-hydrogen) atoms. The highest BCUT2D eigenvalue weighted by atomic mass is 35.5. The van der Waals surface area contributed by atoms with Crippen LogP contribution in [0.15, 0.2) is 72.8 Å². The fourth-order valence-electron chi connectivity index (χ4n) is 3.74. The molecule has 1 saturated heterocycles. The number of rotatable bonds is 6. The van der Waals surface area contributed by atoms with Crippen LogP contribution in [-0.4, -0.2) is 52.7 Å². The third kappa shape index (κ3) is 5.35. The van der Waals surface area contributed by atoms with Gasteiger partial charge in [0.05, 0.1) is 4.92 Å². The number of carbonyl (C=O) groups excluding carboxylic acids is 2. The van der Waals surface area contributed by atoms with Crippen LogP contribution in [-0.2, 0) is 6.61 Å². The molecule has 3 aromatic rings. The average Bonchev–Trinajstić information content (AvgIpc) is 2.87. The molecule has 0 bridgehead atoms. The van der Waals surface area contributed by atoms with Crippen LogP contribution in [0.3, 0.4) is 0 Å². The summed E-state index contributed by atoms with van der Waals surface area (Å²) < 4.78 is 5.76. The quantitative estimate of drug-likeness (QED) is 0.385. The zero-order valence-corrected chi connectivity index (χ0v) is 19.0. The molecule has 0 saturated carbocycles. The van der Waals surface area contributed by atoms with E-state index in [9.17, 15) is 19.7 Å². The maximum atomic E-state index is 12.9. The summed E-state index contributed by atoms with van der Waals surface area (Å²) in [6, 6.07) is 20.7. The number of benzene rings is 3. The number of halogens is 1. The van der Waals surface area contributed by atoms with Gasteiger partial charge in [-0.25, -0.2) is 0 Å². The number of nitro groups is 1. The van der Waals surface area contributed by atoms with Crippen molar-refractivity contribution in [1.82, 2.24) is 9.80 Å². The molecule has 0 N–H and O–H groups in total. The van der Waals surface area contributed by atoms with Crippen molar-refractivity contribution in [2.45, 2.75) is 6.61 Å². The first kappa shape index (κ1) is 23.3. The molecule has 174 valence electrons. The van der Waals surface area contributed by atoms with Gasteiger partial charge >= 0.3 is 0 Å². The van der Waals surface area contributed by atoms with E-state index in [-0.39, 0.29) is 35.3 Å². The Kier molecular flexibility index (Phi) is 7.08. The molecule has 1 heterocycles. The van der Waals surface area contributed by atoms with Gasteiger partial charge in [0.2, 0.25) is 0 Å². The van der Waals surface area contributed by atoms with Crippen LogP contribution >= 0.6 is 11.6 Å². The van der Waals surface area contributed by atoms with E-state index in [1.54, 1.807) is 29.2 Å². The van der Waals surface area contributed by atoms with Crippen molar-refractivity contribution in [3.05, 3.63) is 105 Å². The lowest BCUT2D eigenvalue weighted by Gasteiger charge is -2.34. The summed E-state index contributed by atoms with van der Waals surface area (Å²) in [4.78, 5) is 39.6. The van der Waals surface area contributed by atoms with Crippen LogP contribution in [0.25, 0.3) is 0 Å². The summed E-state index contributed by atoms with van der Waals surface area (Å²) >= 11 is 5.94. The second-order valence-corrected chi connectivity index (χ2v) is 8.24. The maximum Gasteiger partial charge on any atom is 0.282 e. The van der Waals surface area contributed by atoms with Crippen LogP contribution in [0.5, 0.6) is 5.75 Å². The Hall–Kier alpha value is -3.91. The summed E-state index contributed by atoms with van der Waals surface area (Å²) in [5, 5.41) is 11.5. The Morgan fingerprint density at radius 1 is 0.882 bits per heavy atom. The normalized spacial score (nSPS) is 13.4. The predicted octanol–water partition coefficient (Wildman–Crippen LogP) is 4.43. The van der Waals surface area contributed by atoms with E-state index < -0.39 is 10.8 Å². The number of nitro benzene ring substituents is 1. The number of piperazine rings is 1. The van der Waals surface area contributed by atoms with Crippen molar-refractivity contribution in [1.29, 1.82) is 0 Å². The molecule has 3 aromatic carbocycles. The van der Waals surface area contributed by atoms with E-state index in [4.69, 9.17) is 16.3 Å². The van der Waals surface area contributed by atoms with E-state index in [2.05, 4.69) is 0 Å². The highest BCUT2D eigenvalue weighted by Gasteiger charge is 2.29. The monoisotopic (exact) mass is 479 g/mol. The van der Waals surface area contributed by atoms with Crippen molar-refractivity contribution >= 4 is 29.1 Å². The summed E-state index contributed by atoms with van der Waals surface area (Å²) in [5.74, 6) is 0.0515. The predicted molar refractivity (Wildman–Crippen MR) is 127 cm³/mol. The van der Waals surface area contributed by atoms with Crippen LogP contribution in [0.4, 0.5) is 5.69 Å². The Labute approximate surface area is 201 Å². The number of carbonyl (C=O) groups is 2. The number of nitrogens with zero attached hydrogens (tertiary/aromatic N) is 3. The summed E-state index contributed by atoms with van der Waals surface area (Å²) in [5.41, 5.74) is 1.24. The summed E-state index contributed by atoms with van der Waals surface area (Å²) in [7, 11) is 0. The minimum absolute atomic E-state index is 0.0524. The van der Waals surface area contributed by atoms with Crippen molar-refractivity contribution in [3.63, 3.8) is 0 Å². The van der Waals surface area contributed by atoms with Crippen LogP contribution in [0, 0.1) is 10.1 Å². The smallest absolute Gasteiger partial charge is 0.282 e. The average molecular weight is 480 g/mol. The first-order valence-corrected chi connectivity index (χ1v) is 11.1. The van der Waals surface area contributed by atoms with Gasteiger partial charge in [0.25, 0.3) is 17.5 Å². The zero-order valence-electron chi connectivity index (χ0n) is 18.2. The number of hydrogen-bond acceptors (Lipinski definition) is 5. The first-order chi connectivity index (χ1) is 16.4. The lowest BCUT2D eigenvalue weighted by atomic mass is 10.1. The molecule has 1 aliphatic heterocycles. The van der Waals surface area contributed by atoms with Crippen LogP contribution < -0.4 is 4.74 Å². The molecule has 0 radical (unpaired) electrons. The number of amides is 2. The minimum atomic E-state index is -0.601. The van der Waals surface area contributed by atoms with Gasteiger partial charge in [-0.2, -0.15) is 0 Å². The lowest BCUT2D eigenvalue weighted by molar-refractivity contribution is -0.385. The fourth-order valence-corrected chi connectivity index (χ4v) is 3.91. The minimum Gasteiger partial charge on any atom is -0.489 e. The topological polar surface area (TPSA) is 93.0 Å². The molecule has 8 nitrogen and oxygen atoms in total. The van der Waals surface area contributed by atoms with Gasteiger partial charge < -0.3 is 14.5 Å². The van der Waals surface area contributed by atoms with E-state index in [1.807, 2.05) is 30.3 Å². The van der Waals surface area contributed by atoms with Gasteiger partial charge in [0.15, 0.2) is 0 Å². The summed E-state index contributed by atoms with van der Waals surface area (Å²) in [6.45, 7) is 1.63. The van der Waals surface area contributed by atoms with Gasteiger partial charge in [-0.05, 0) is 42.0 Å². The number of ether oxygens (including phenoxy) is 1. The van der Waals surface area contributed by atoms with Gasteiger partial charge in [-0.1, -0.05) is 41.9 Å². The second-order valence-electron chi connectivity index (χ2n) is 7.80. The third-order valence-corrected chi connectivity index (χ3v) is 5.82. The van der Waals surface area contributed by atoms with Crippen molar-refractivity contribution in [2.24, 2.45) is 0 Å². The highest BCUT2D eigenvalue weighted by molar-refractivity contribution is 6.31. The van der Waals surface area contributed by atoms with Gasteiger partial charge in [-0.15, -0.1) is 0 Å². The fraction of sp³-hybridized carbons (Fsp3) is 0.200. The Balaban J connectivity index is 1.34. The molecule has 0 aromatic heterocycles. The van der Waals surface area contributed by atoms with E-state index in [0.717, 1.165) is 5.56 Å². The third-order valence-electron chi connectivity index (χ3n) is 5.59. The van der Waals surface area contributed by atoms with Gasteiger partial charge in [0.1, 0.15) is 17.9 Å². The molecule has 0 atom stereocenters. The summed E-state index contributed by atoms with van der Waals surface area (Å²) in [6.07, 6.45) is 0. The molecular formula is C25H22ClN3O5. The molecular weight excluding hydrogens is 458 g/mol. The highest BCUT2D eigenvalue weighted by Crippen LogP contribution is 2.25. The molecule has 9 heteroatoms. The Bertz CT molecular complexity index is 1190. The molecule has 2 amide bonds. The van der Waals surface area contributed by atoms with Gasteiger partial charge in [0, 0.05) is 42.8 Å². The Morgan fingerprint density at radius 2 is 1.50 bits per heavy atom. The van der Waals surface area contributed by atoms with Crippen molar-refractivity contribution in [2.75, 3.05) is 26.2 Å². The van der Waals surface area contributed by atoms with E-state index in [0.29, 0.717) is 31.0 Å². The molecule has 1 fully saturated rings. The van der Waals surface area contributed by atoms with Crippen LogP contribution in [0.2, 0.25) is 5.02 Å². The van der Waals surface area contributed by atoms with E-state index in [1.165, 1.54) is 23.1 Å². The van der Waals surface area contributed by atoms with Crippen molar-refractivity contribution < 1.29 is 19.2 Å². The SMILES string of the molecule is O=C(c1ccc(OCc2ccccc2)cc1)N1CCN(C(=O)c2cc(Cl)ccc2[N+](=O)[O-])CC1. The maximum absolute atomic E-state index is 12.9. The Morgan fingerprint density at radius 3 is 2.12 bits per heavy atom. The number of hydrogen-bond donors (Lipinski definition) is 0. The van der Waals surface area contributed by atoms with Gasteiger partial charge in [-0.3, -0.25) is 19.7 Å². The molecule has 0 spiro atoms. The van der Waals surface area contributed by atoms with Crippen LogP contribution in [0.1, 0.15) is 26.3 Å². The standard InChI is InChI=1S/C25H22ClN3O5/c26-20-8-11-23(29(32)33)22(16-20)25(31)28-14-12-27(13-15-28)24(30)19-6-9-21(10-7-19)34-17-18-4-2-1-3-5-18/h1-11,16H,12-15,17H2. The first-order valence-electron chi connectivity index (χ1n) is 10.7. The molecule has 1 aliphatic rings. The lowest BCUT2D eigenvalue weighted by Crippen LogP contribution is -2.50. The molecule has 0 aliphatic carbocycles. The second kappa shape index (κ2) is 10.4. The van der Waals surface area contributed by atoms with E-state index >= 15 is 0 Å².